The number of benzene rings is 1. The van der Waals surface area contributed by atoms with E-state index in [1.165, 1.54) is 17.7 Å². The Morgan fingerprint density at radius 2 is 1.78 bits per heavy atom. The second-order valence-electron chi connectivity index (χ2n) is 10.7. The molecule has 0 bridgehead atoms. The highest BCUT2D eigenvalue weighted by Crippen LogP contribution is 2.60. The first kappa shape index (κ1) is 25.4. The molecule has 0 saturated heterocycles. The van der Waals surface area contributed by atoms with Gasteiger partial charge in [0.15, 0.2) is 5.41 Å². The van der Waals surface area contributed by atoms with E-state index in [9.17, 15) is 14.0 Å². The Morgan fingerprint density at radius 3 is 2.43 bits per heavy atom. The Morgan fingerprint density at radius 1 is 1.11 bits per heavy atom. The Balaban J connectivity index is 1.52. The molecular weight excluding hydrogens is 471 g/mol. The third kappa shape index (κ3) is 4.12. The van der Waals surface area contributed by atoms with Gasteiger partial charge >= 0.3 is 11.9 Å². The fraction of sp³-hybridized carbons (Fsp3) is 0.500. The summed E-state index contributed by atoms with van der Waals surface area (Å²) in [5, 5.41) is 4.63. The molecule has 0 amide bonds. The number of allylic oxidation sites excluding steroid dienone is 3. The van der Waals surface area contributed by atoms with Crippen molar-refractivity contribution in [2.75, 3.05) is 13.2 Å². The zero-order valence-corrected chi connectivity index (χ0v) is 21.9. The number of halogens is 1. The average molecular weight is 507 g/mol. The summed E-state index contributed by atoms with van der Waals surface area (Å²) >= 11 is 0. The van der Waals surface area contributed by atoms with E-state index in [0.717, 1.165) is 35.4 Å². The number of carbonyl (C=O) groups excluding carboxylic acids is 2. The number of aromatic nitrogens is 2. The minimum absolute atomic E-state index is 0.259. The zero-order chi connectivity index (χ0) is 26.2. The highest BCUT2D eigenvalue weighted by Gasteiger charge is 2.60. The van der Waals surface area contributed by atoms with Crippen molar-refractivity contribution < 1.29 is 23.5 Å². The first-order chi connectivity index (χ1) is 17.8. The van der Waals surface area contributed by atoms with Crippen LogP contribution in [0, 0.1) is 22.6 Å². The maximum atomic E-state index is 13.6. The molecule has 5 rings (SSSR count). The number of esters is 2. The summed E-state index contributed by atoms with van der Waals surface area (Å²) in [5.41, 5.74) is 3.69. The third-order valence-corrected chi connectivity index (χ3v) is 8.34. The van der Waals surface area contributed by atoms with E-state index in [1.54, 1.807) is 12.1 Å². The smallest absolute Gasteiger partial charge is 0.324 e. The van der Waals surface area contributed by atoms with Gasteiger partial charge in [0, 0.05) is 11.3 Å². The quantitative estimate of drug-likeness (QED) is 0.262. The van der Waals surface area contributed by atoms with E-state index in [-0.39, 0.29) is 17.2 Å². The van der Waals surface area contributed by atoms with Crippen LogP contribution in [0.25, 0.3) is 11.8 Å². The maximum absolute atomic E-state index is 13.6. The van der Waals surface area contributed by atoms with E-state index in [1.807, 2.05) is 24.7 Å². The number of nitrogens with zero attached hydrogens (tertiary/aromatic N) is 2. The van der Waals surface area contributed by atoms with Crippen LogP contribution in [0.2, 0.25) is 0 Å². The molecule has 7 heteroatoms. The van der Waals surface area contributed by atoms with Gasteiger partial charge in [-0.05, 0) is 80.9 Å². The molecule has 2 unspecified atom stereocenters. The van der Waals surface area contributed by atoms with Crippen molar-refractivity contribution in [2.24, 2.45) is 16.7 Å². The summed E-state index contributed by atoms with van der Waals surface area (Å²) in [6, 6.07) is 6.34. The van der Waals surface area contributed by atoms with Crippen LogP contribution < -0.4 is 0 Å². The maximum Gasteiger partial charge on any atom is 0.324 e. The molecule has 196 valence electrons. The van der Waals surface area contributed by atoms with Crippen molar-refractivity contribution >= 4 is 18.0 Å². The first-order valence-electron chi connectivity index (χ1n) is 13.4. The molecule has 6 nitrogen and oxygen atoms in total. The van der Waals surface area contributed by atoms with Gasteiger partial charge in [0.2, 0.25) is 0 Å². The number of rotatable bonds is 7. The lowest BCUT2D eigenvalue weighted by atomic mass is 9.51. The number of ether oxygens (including phenoxy) is 2. The number of hydrogen-bond donors (Lipinski definition) is 0. The van der Waals surface area contributed by atoms with Crippen LogP contribution in [-0.2, 0) is 25.5 Å². The van der Waals surface area contributed by atoms with E-state index in [2.05, 4.69) is 24.2 Å². The molecule has 0 spiro atoms. The van der Waals surface area contributed by atoms with E-state index in [0.29, 0.717) is 45.3 Å². The van der Waals surface area contributed by atoms with Gasteiger partial charge in [-0.1, -0.05) is 38.0 Å². The molecule has 0 radical (unpaired) electrons. The van der Waals surface area contributed by atoms with Gasteiger partial charge in [-0.25, -0.2) is 9.07 Å². The summed E-state index contributed by atoms with van der Waals surface area (Å²) in [7, 11) is 0. The Hall–Kier alpha value is -3.22. The van der Waals surface area contributed by atoms with Gasteiger partial charge in [0.05, 0.1) is 30.8 Å². The van der Waals surface area contributed by atoms with Crippen molar-refractivity contribution in [3.63, 3.8) is 0 Å². The molecule has 3 aliphatic carbocycles. The monoisotopic (exact) mass is 506 g/mol. The van der Waals surface area contributed by atoms with Crippen LogP contribution in [0.3, 0.4) is 0 Å². The number of hydrogen-bond acceptors (Lipinski definition) is 5. The lowest BCUT2D eigenvalue weighted by molar-refractivity contribution is -0.178. The predicted molar refractivity (Wildman–Crippen MR) is 138 cm³/mol. The first-order valence-corrected chi connectivity index (χ1v) is 13.4. The fourth-order valence-electron chi connectivity index (χ4n) is 6.49. The lowest BCUT2D eigenvalue weighted by Gasteiger charge is -2.51. The van der Waals surface area contributed by atoms with Gasteiger partial charge in [-0.3, -0.25) is 9.59 Å². The molecule has 37 heavy (non-hydrogen) atoms. The summed E-state index contributed by atoms with van der Waals surface area (Å²) in [5.74, 6) is -1.42. The van der Waals surface area contributed by atoms with Gasteiger partial charge in [0.1, 0.15) is 5.82 Å². The number of carbonyl (C=O) groups is 2. The predicted octanol–water partition coefficient (Wildman–Crippen LogP) is 5.98. The minimum Gasteiger partial charge on any atom is -0.465 e. The molecule has 0 aliphatic heterocycles. The zero-order valence-electron chi connectivity index (χ0n) is 21.9. The Labute approximate surface area is 217 Å². The van der Waals surface area contributed by atoms with Crippen molar-refractivity contribution in [1.29, 1.82) is 0 Å². The Kier molecular flexibility index (Phi) is 6.82. The average Bonchev–Trinajstić information content (AvgIpc) is 3.30. The van der Waals surface area contributed by atoms with Gasteiger partial charge in [-0.15, -0.1) is 0 Å². The van der Waals surface area contributed by atoms with Crippen molar-refractivity contribution in [1.82, 2.24) is 9.78 Å². The van der Waals surface area contributed by atoms with Crippen LogP contribution in [0.1, 0.15) is 70.6 Å². The van der Waals surface area contributed by atoms with Crippen molar-refractivity contribution in [3.8, 4) is 5.69 Å². The second kappa shape index (κ2) is 9.92. The summed E-state index contributed by atoms with van der Waals surface area (Å²) < 4.78 is 26.7. The SMILES string of the molecule is CCCOC(=O)C1(C(=O)OCCC)CCC=C2C1CCC1=Cc3c(cnn3-c3ccc(F)cc3)CC12C. The molecule has 1 heterocycles. The molecule has 0 N–H and O–H groups in total. The minimum atomic E-state index is -1.30. The van der Waals surface area contributed by atoms with E-state index >= 15 is 0 Å². The van der Waals surface area contributed by atoms with Gasteiger partial charge in [-0.2, -0.15) is 5.10 Å². The van der Waals surface area contributed by atoms with Crippen LogP contribution in [-0.4, -0.2) is 34.9 Å². The molecule has 2 aromatic rings. The highest BCUT2D eigenvalue weighted by atomic mass is 19.1. The summed E-state index contributed by atoms with van der Waals surface area (Å²) in [6.45, 7) is 6.71. The van der Waals surface area contributed by atoms with E-state index < -0.39 is 17.4 Å². The molecule has 1 fully saturated rings. The Bertz CT molecular complexity index is 1240. The highest BCUT2D eigenvalue weighted by molar-refractivity contribution is 6.01. The second-order valence-corrected chi connectivity index (χ2v) is 10.7. The topological polar surface area (TPSA) is 70.4 Å². The van der Waals surface area contributed by atoms with Crippen molar-refractivity contribution in [2.45, 2.75) is 65.7 Å². The summed E-state index contributed by atoms with van der Waals surface area (Å²) in [6.07, 6.45) is 10.9. The fourth-order valence-corrected chi connectivity index (χ4v) is 6.49. The molecule has 2 atom stereocenters. The van der Waals surface area contributed by atoms with Crippen LogP contribution in [0.4, 0.5) is 4.39 Å². The number of fused-ring (bicyclic) bond motifs is 4. The molecule has 1 aromatic heterocycles. The van der Waals surface area contributed by atoms with Crippen LogP contribution in [0.15, 0.2) is 47.7 Å². The van der Waals surface area contributed by atoms with Crippen LogP contribution >= 0.6 is 0 Å². The molecule has 1 saturated carbocycles. The molecule has 1 aromatic carbocycles. The van der Waals surface area contributed by atoms with Crippen molar-refractivity contribution in [3.05, 3.63) is 64.8 Å². The standard InChI is InChI=1S/C30H35FN2O4/c1-4-15-36-27(34)30(28(35)37-16-5-2)14-6-7-24-25(30)13-8-21-17-26-20(18-29(21,24)3)19-32-33(26)23-11-9-22(31)10-12-23/h7,9-12,17,19,25H,4-6,8,13-16,18H2,1-3H3. The van der Waals surface area contributed by atoms with E-state index in [4.69, 9.17) is 9.47 Å². The largest absolute Gasteiger partial charge is 0.465 e. The van der Waals surface area contributed by atoms with Gasteiger partial charge < -0.3 is 9.47 Å². The normalized spacial score (nSPS) is 23.6. The third-order valence-electron chi connectivity index (χ3n) is 8.34. The summed E-state index contributed by atoms with van der Waals surface area (Å²) in [4.78, 5) is 27.2. The van der Waals surface area contributed by atoms with Gasteiger partial charge in [0.25, 0.3) is 0 Å². The van der Waals surface area contributed by atoms with Crippen LogP contribution in [0.5, 0.6) is 0 Å². The lowest BCUT2D eigenvalue weighted by Crippen LogP contribution is -2.53. The molecular formula is C30H35FN2O4. The molecule has 3 aliphatic rings.